The van der Waals surface area contributed by atoms with Crippen LogP contribution in [0.3, 0.4) is 0 Å². The van der Waals surface area contributed by atoms with E-state index in [0.29, 0.717) is 24.5 Å². The zero-order valence-corrected chi connectivity index (χ0v) is 16.2. The van der Waals surface area contributed by atoms with Crippen molar-refractivity contribution >= 4 is 8.80 Å². The lowest BCUT2D eigenvalue weighted by atomic mass is 10.0. The van der Waals surface area contributed by atoms with E-state index < -0.39 is 11.6 Å². The SMILES string of the molecule is CCCCC[Si]1CCC(COc2ccc(CCC)c(F)c2F)CC1. The average molecular weight is 354 g/mol. The molecule has 0 amide bonds. The second-order valence-corrected chi connectivity index (χ2v) is 10.1. The quantitative estimate of drug-likeness (QED) is 0.369. The Labute approximate surface area is 147 Å². The van der Waals surface area contributed by atoms with Crippen molar-refractivity contribution in [3.8, 4) is 5.75 Å². The lowest BCUT2D eigenvalue weighted by molar-refractivity contribution is 0.224. The summed E-state index contributed by atoms with van der Waals surface area (Å²) in [6, 6.07) is 7.41. The highest BCUT2D eigenvalue weighted by Gasteiger charge is 2.23. The van der Waals surface area contributed by atoms with Gasteiger partial charge in [0.1, 0.15) is 0 Å². The van der Waals surface area contributed by atoms with Crippen LogP contribution in [0.25, 0.3) is 0 Å². The first-order chi connectivity index (χ1) is 11.7. The van der Waals surface area contributed by atoms with E-state index in [1.54, 1.807) is 12.1 Å². The molecule has 0 atom stereocenters. The topological polar surface area (TPSA) is 9.23 Å². The molecule has 1 aromatic carbocycles. The van der Waals surface area contributed by atoms with Gasteiger partial charge in [0.25, 0.3) is 0 Å². The highest BCUT2D eigenvalue weighted by Crippen LogP contribution is 2.30. The molecular weight excluding hydrogens is 322 g/mol. The van der Waals surface area contributed by atoms with Crippen LogP contribution in [0.5, 0.6) is 5.75 Å². The van der Waals surface area contributed by atoms with Gasteiger partial charge < -0.3 is 4.74 Å². The molecule has 0 N–H and O–H groups in total. The lowest BCUT2D eigenvalue weighted by Gasteiger charge is -2.27. The smallest absolute Gasteiger partial charge is 0.200 e. The number of hydrogen-bond acceptors (Lipinski definition) is 1. The number of benzene rings is 1. The number of ether oxygens (including phenoxy) is 1. The van der Waals surface area contributed by atoms with Crippen LogP contribution in [0.1, 0.15) is 57.9 Å². The molecule has 0 spiro atoms. The van der Waals surface area contributed by atoms with Gasteiger partial charge in [-0.25, -0.2) is 4.39 Å². The van der Waals surface area contributed by atoms with Gasteiger partial charge in [0.05, 0.1) is 6.61 Å². The third-order valence-electron chi connectivity index (χ3n) is 5.07. The van der Waals surface area contributed by atoms with E-state index in [2.05, 4.69) is 6.92 Å². The minimum Gasteiger partial charge on any atom is -0.490 e. The first kappa shape index (κ1) is 19.4. The predicted octanol–water partition coefficient (Wildman–Crippen LogP) is 6.39. The summed E-state index contributed by atoms with van der Waals surface area (Å²) in [6.45, 7) is 4.73. The molecule has 1 saturated heterocycles. The van der Waals surface area contributed by atoms with Gasteiger partial charge in [0.2, 0.25) is 5.82 Å². The fraction of sp³-hybridized carbons (Fsp3) is 0.700. The van der Waals surface area contributed by atoms with E-state index in [1.165, 1.54) is 50.2 Å². The van der Waals surface area contributed by atoms with Gasteiger partial charge >= 0.3 is 0 Å². The summed E-state index contributed by atoms with van der Waals surface area (Å²) < 4.78 is 33.7. The highest BCUT2D eigenvalue weighted by molar-refractivity contribution is 6.58. The second-order valence-electron chi connectivity index (χ2n) is 7.06. The molecule has 0 bridgehead atoms. The zero-order chi connectivity index (χ0) is 17.4. The van der Waals surface area contributed by atoms with E-state index >= 15 is 0 Å². The first-order valence-corrected chi connectivity index (χ1v) is 11.7. The number of aryl methyl sites for hydroxylation is 1. The van der Waals surface area contributed by atoms with E-state index in [9.17, 15) is 8.78 Å². The van der Waals surface area contributed by atoms with Crippen molar-refractivity contribution in [2.75, 3.05) is 6.61 Å². The third-order valence-corrected chi connectivity index (χ3v) is 8.12. The van der Waals surface area contributed by atoms with Crippen molar-refractivity contribution in [3.63, 3.8) is 0 Å². The maximum atomic E-state index is 14.1. The Bertz CT molecular complexity index is 499. The van der Waals surface area contributed by atoms with Crippen LogP contribution in [0, 0.1) is 17.6 Å². The van der Waals surface area contributed by atoms with Crippen LogP contribution in [-0.2, 0) is 6.42 Å². The summed E-state index contributed by atoms with van der Waals surface area (Å²) in [5.41, 5.74) is 0.444. The maximum absolute atomic E-state index is 14.1. The molecule has 0 unspecified atom stereocenters. The number of hydrogen-bond donors (Lipinski definition) is 0. The summed E-state index contributed by atoms with van der Waals surface area (Å²) in [7, 11) is -0.151. The van der Waals surface area contributed by atoms with Crippen molar-refractivity contribution in [2.45, 2.75) is 76.9 Å². The van der Waals surface area contributed by atoms with Crippen LogP contribution in [0.15, 0.2) is 12.1 Å². The Balaban J connectivity index is 1.77. The van der Waals surface area contributed by atoms with Crippen molar-refractivity contribution in [1.29, 1.82) is 0 Å². The predicted molar refractivity (Wildman–Crippen MR) is 98.3 cm³/mol. The molecule has 0 aromatic heterocycles. The van der Waals surface area contributed by atoms with Crippen LogP contribution in [0.4, 0.5) is 8.78 Å². The molecule has 1 nitrogen and oxygen atoms in total. The Morgan fingerprint density at radius 2 is 1.79 bits per heavy atom. The van der Waals surface area contributed by atoms with Crippen molar-refractivity contribution < 1.29 is 13.5 Å². The summed E-state index contributed by atoms with van der Waals surface area (Å²) >= 11 is 0. The summed E-state index contributed by atoms with van der Waals surface area (Å²) in [4.78, 5) is 0. The maximum Gasteiger partial charge on any atom is 0.200 e. The Hall–Kier alpha value is -0.903. The summed E-state index contributed by atoms with van der Waals surface area (Å²) in [6.07, 6.45) is 7.80. The Morgan fingerprint density at radius 1 is 1.04 bits per heavy atom. The molecule has 1 aliphatic heterocycles. The fourth-order valence-electron chi connectivity index (χ4n) is 3.48. The molecule has 1 aliphatic rings. The molecule has 135 valence electrons. The normalized spacial score (nSPS) is 16.5. The van der Waals surface area contributed by atoms with Gasteiger partial charge in [-0.05, 0) is 36.8 Å². The van der Waals surface area contributed by atoms with E-state index in [1.807, 2.05) is 6.92 Å². The van der Waals surface area contributed by atoms with Crippen molar-refractivity contribution in [2.24, 2.45) is 5.92 Å². The van der Waals surface area contributed by atoms with Gasteiger partial charge in [-0.2, -0.15) is 4.39 Å². The van der Waals surface area contributed by atoms with Crippen LogP contribution in [-0.4, -0.2) is 15.4 Å². The molecule has 0 aliphatic carbocycles. The van der Waals surface area contributed by atoms with Gasteiger partial charge in [0.15, 0.2) is 11.6 Å². The Morgan fingerprint density at radius 3 is 2.46 bits per heavy atom. The third kappa shape index (κ3) is 5.57. The zero-order valence-electron chi connectivity index (χ0n) is 15.2. The molecule has 0 saturated carbocycles. The standard InChI is InChI=1S/C20H31F2OSi/c1-3-5-6-12-24-13-10-16(11-14-24)15-23-18-9-8-17(7-4-2)19(21)20(18)22/h8-9,16H,3-7,10-15H2,1-2H3. The minimum absolute atomic E-state index is 0.0754. The van der Waals surface area contributed by atoms with E-state index in [0.717, 1.165) is 6.42 Å². The van der Waals surface area contributed by atoms with Crippen molar-refractivity contribution in [1.82, 2.24) is 0 Å². The van der Waals surface area contributed by atoms with Crippen LogP contribution in [0.2, 0.25) is 18.1 Å². The molecule has 1 heterocycles. The van der Waals surface area contributed by atoms with Crippen LogP contribution < -0.4 is 4.74 Å². The molecule has 24 heavy (non-hydrogen) atoms. The molecule has 2 rings (SSSR count). The highest BCUT2D eigenvalue weighted by atomic mass is 28.3. The molecule has 1 radical (unpaired) electrons. The minimum atomic E-state index is -0.818. The molecule has 4 heteroatoms. The van der Waals surface area contributed by atoms with Crippen LogP contribution >= 0.6 is 0 Å². The Kier molecular flexibility index (Phi) is 8.23. The van der Waals surface area contributed by atoms with Gasteiger partial charge in [-0.15, -0.1) is 0 Å². The molecule has 1 fully saturated rings. The summed E-state index contributed by atoms with van der Waals surface area (Å²) in [5.74, 6) is -0.977. The number of rotatable bonds is 9. The van der Waals surface area contributed by atoms with E-state index in [4.69, 9.17) is 4.74 Å². The van der Waals surface area contributed by atoms with Gasteiger partial charge in [0, 0.05) is 8.80 Å². The summed E-state index contributed by atoms with van der Waals surface area (Å²) in [5, 5.41) is 0. The lowest BCUT2D eigenvalue weighted by Crippen LogP contribution is -2.25. The van der Waals surface area contributed by atoms with Gasteiger partial charge in [-0.3, -0.25) is 0 Å². The first-order valence-electron chi connectivity index (χ1n) is 9.58. The monoisotopic (exact) mass is 353 g/mol. The van der Waals surface area contributed by atoms with Gasteiger partial charge in [-0.1, -0.05) is 63.7 Å². The van der Waals surface area contributed by atoms with E-state index in [-0.39, 0.29) is 14.5 Å². The molecule has 1 aromatic rings. The molecular formula is C20H31F2OSi. The second kappa shape index (κ2) is 10.2. The average Bonchev–Trinajstić information content (AvgIpc) is 2.60. The fourth-order valence-corrected chi connectivity index (χ4v) is 6.61. The van der Waals surface area contributed by atoms with Crippen molar-refractivity contribution in [3.05, 3.63) is 29.3 Å². The number of unbranched alkanes of at least 4 members (excludes halogenated alkanes) is 2. The largest absolute Gasteiger partial charge is 0.490 e. The number of halogens is 2.